The van der Waals surface area contributed by atoms with Crippen molar-refractivity contribution in [2.24, 2.45) is 0 Å². The molecule has 2 atom stereocenters. The third-order valence-corrected chi connectivity index (χ3v) is 7.22. The second-order valence-corrected chi connectivity index (χ2v) is 9.83. The molecule has 0 aliphatic carbocycles. The van der Waals surface area contributed by atoms with E-state index in [0.717, 1.165) is 6.07 Å². The Balaban J connectivity index is 1.57. The van der Waals surface area contributed by atoms with Gasteiger partial charge in [-0.25, -0.2) is 9.18 Å². The Labute approximate surface area is 239 Å². The van der Waals surface area contributed by atoms with Gasteiger partial charge in [0.15, 0.2) is 0 Å². The van der Waals surface area contributed by atoms with Crippen LogP contribution in [0.2, 0.25) is 0 Å². The van der Waals surface area contributed by atoms with Crippen molar-refractivity contribution in [2.45, 2.75) is 24.7 Å². The Morgan fingerprint density at radius 1 is 1.02 bits per heavy atom. The molecule has 0 radical (unpaired) electrons. The van der Waals surface area contributed by atoms with Gasteiger partial charge < -0.3 is 15.5 Å². The number of benzene rings is 3. The third kappa shape index (κ3) is 5.50. The van der Waals surface area contributed by atoms with Crippen LogP contribution in [0, 0.1) is 5.82 Å². The molecule has 2 aliphatic rings. The second-order valence-electron chi connectivity index (χ2n) is 9.83. The van der Waals surface area contributed by atoms with Crippen molar-refractivity contribution in [3.63, 3.8) is 0 Å². The predicted molar refractivity (Wildman–Crippen MR) is 147 cm³/mol. The van der Waals surface area contributed by atoms with Gasteiger partial charge in [0.2, 0.25) is 5.91 Å². The Bertz CT molecular complexity index is 1570. The topological polar surface area (TPSA) is 81.8 Å². The maximum absolute atomic E-state index is 14.4. The van der Waals surface area contributed by atoms with E-state index in [0.29, 0.717) is 5.56 Å². The van der Waals surface area contributed by atoms with Crippen LogP contribution >= 0.6 is 0 Å². The molecule has 0 spiro atoms. The van der Waals surface area contributed by atoms with E-state index < -0.39 is 47.5 Å². The van der Waals surface area contributed by atoms with Gasteiger partial charge in [0, 0.05) is 13.0 Å². The Hall–Kier alpha value is -4.93. The lowest BCUT2D eigenvalue weighted by Gasteiger charge is -2.33. The molecule has 11 heteroatoms. The van der Waals surface area contributed by atoms with Crippen molar-refractivity contribution in [3.8, 4) is 0 Å². The predicted octanol–water partition coefficient (Wildman–Crippen LogP) is 5.44. The molecule has 4 amide bonds. The summed E-state index contributed by atoms with van der Waals surface area (Å²) in [6, 6.07) is 15.8. The zero-order chi connectivity index (χ0) is 30.0. The number of nitrogens with one attached hydrogen (secondary N) is 2. The van der Waals surface area contributed by atoms with Crippen LogP contribution in [-0.4, -0.2) is 46.8 Å². The fourth-order valence-electron chi connectivity index (χ4n) is 5.29. The summed E-state index contributed by atoms with van der Waals surface area (Å²) < 4.78 is 56.4. The highest BCUT2D eigenvalue weighted by atomic mass is 19.4. The fourth-order valence-corrected chi connectivity index (χ4v) is 5.29. The van der Waals surface area contributed by atoms with Crippen LogP contribution in [0.15, 0.2) is 103 Å². The molecule has 3 aromatic rings. The molecule has 0 bridgehead atoms. The smallest absolute Gasteiger partial charge is 0.326 e. The highest BCUT2D eigenvalue weighted by molar-refractivity contribution is 6.05. The molecule has 2 heterocycles. The van der Waals surface area contributed by atoms with Crippen LogP contribution in [0.3, 0.4) is 0 Å². The number of anilines is 1. The minimum Gasteiger partial charge on any atom is -0.326 e. The van der Waals surface area contributed by atoms with Crippen molar-refractivity contribution in [1.82, 2.24) is 15.1 Å². The zero-order valence-corrected chi connectivity index (χ0v) is 22.2. The van der Waals surface area contributed by atoms with E-state index in [9.17, 15) is 31.9 Å². The number of alkyl halides is 3. The lowest BCUT2D eigenvalue weighted by atomic mass is 9.91. The summed E-state index contributed by atoms with van der Waals surface area (Å²) in [5.41, 5.74) is -0.599. The van der Waals surface area contributed by atoms with Gasteiger partial charge in [-0.15, -0.1) is 6.58 Å². The van der Waals surface area contributed by atoms with E-state index in [2.05, 4.69) is 17.2 Å². The van der Waals surface area contributed by atoms with E-state index >= 15 is 0 Å². The number of urea groups is 1. The molecular formula is C31H26F4N4O3. The monoisotopic (exact) mass is 578 g/mol. The van der Waals surface area contributed by atoms with E-state index in [1.807, 2.05) is 0 Å². The van der Waals surface area contributed by atoms with Crippen LogP contribution in [0.4, 0.5) is 28.0 Å². The summed E-state index contributed by atoms with van der Waals surface area (Å²) in [6.45, 7) is 3.39. The largest absolute Gasteiger partial charge is 0.416 e. The van der Waals surface area contributed by atoms with Crippen molar-refractivity contribution < 1.29 is 31.9 Å². The Kier molecular flexibility index (Phi) is 7.84. The first-order valence-electron chi connectivity index (χ1n) is 13.1. The highest BCUT2D eigenvalue weighted by Gasteiger charge is 2.48. The van der Waals surface area contributed by atoms with Gasteiger partial charge in [0.1, 0.15) is 11.9 Å². The minimum absolute atomic E-state index is 0.0236. The average Bonchev–Trinajstić information content (AvgIpc) is 3.31. The molecule has 2 N–H and O–H groups in total. The van der Waals surface area contributed by atoms with Gasteiger partial charge >= 0.3 is 12.2 Å². The van der Waals surface area contributed by atoms with Crippen LogP contribution in [0.25, 0.3) is 0 Å². The van der Waals surface area contributed by atoms with Gasteiger partial charge in [-0.3, -0.25) is 14.5 Å². The number of amides is 4. The summed E-state index contributed by atoms with van der Waals surface area (Å²) in [7, 11) is 0. The molecule has 0 fully saturated rings. The molecule has 0 saturated carbocycles. The van der Waals surface area contributed by atoms with Gasteiger partial charge in [-0.2, -0.15) is 13.2 Å². The lowest BCUT2D eigenvalue weighted by Crippen LogP contribution is -2.47. The van der Waals surface area contributed by atoms with Gasteiger partial charge in [0.05, 0.1) is 35.1 Å². The number of halogens is 4. The van der Waals surface area contributed by atoms with E-state index in [1.165, 1.54) is 52.3 Å². The number of para-hydroxylation sites is 1. The van der Waals surface area contributed by atoms with Crippen molar-refractivity contribution in [1.29, 1.82) is 0 Å². The highest BCUT2D eigenvalue weighted by Crippen LogP contribution is 2.42. The number of carbonyl (C=O) groups excluding carboxylic acids is 3. The summed E-state index contributed by atoms with van der Waals surface area (Å²) in [4.78, 5) is 43.4. The summed E-state index contributed by atoms with van der Waals surface area (Å²) in [5.74, 6) is -2.09. The van der Waals surface area contributed by atoms with E-state index in [-0.39, 0.29) is 42.0 Å². The first-order chi connectivity index (χ1) is 20.1. The third-order valence-electron chi connectivity index (χ3n) is 7.22. The van der Waals surface area contributed by atoms with Crippen LogP contribution < -0.4 is 10.6 Å². The quantitative estimate of drug-likeness (QED) is 0.276. The zero-order valence-electron chi connectivity index (χ0n) is 22.2. The van der Waals surface area contributed by atoms with Crippen LogP contribution in [0.1, 0.15) is 22.7 Å². The molecule has 0 saturated heterocycles. The maximum atomic E-state index is 14.4. The summed E-state index contributed by atoms with van der Waals surface area (Å²) in [5, 5.41) is 5.09. The van der Waals surface area contributed by atoms with Gasteiger partial charge in [0.25, 0.3) is 5.91 Å². The Morgan fingerprint density at radius 2 is 1.69 bits per heavy atom. The van der Waals surface area contributed by atoms with Crippen LogP contribution in [0.5, 0.6) is 0 Å². The van der Waals surface area contributed by atoms with E-state index in [4.69, 9.17) is 0 Å². The first kappa shape index (κ1) is 28.6. The van der Waals surface area contributed by atoms with E-state index in [1.54, 1.807) is 36.4 Å². The fraction of sp³-hybridized carbons (Fsp3) is 0.194. The van der Waals surface area contributed by atoms with Crippen molar-refractivity contribution in [2.75, 3.05) is 18.4 Å². The number of carbonyl (C=O) groups is 3. The molecule has 2 unspecified atom stereocenters. The summed E-state index contributed by atoms with van der Waals surface area (Å²) >= 11 is 0. The lowest BCUT2D eigenvalue weighted by molar-refractivity contribution is -0.138. The summed E-state index contributed by atoms with van der Waals surface area (Å²) in [6.07, 6.45) is -3.30. The number of rotatable bonds is 8. The Morgan fingerprint density at radius 3 is 2.38 bits per heavy atom. The van der Waals surface area contributed by atoms with Crippen molar-refractivity contribution in [3.05, 3.63) is 125 Å². The average molecular weight is 579 g/mol. The second kappa shape index (κ2) is 11.5. The van der Waals surface area contributed by atoms with Crippen molar-refractivity contribution >= 4 is 23.5 Å². The molecule has 42 heavy (non-hydrogen) atoms. The molecule has 5 rings (SSSR count). The molecule has 7 nitrogen and oxygen atoms in total. The van der Waals surface area contributed by atoms with Gasteiger partial charge in [-0.1, -0.05) is 66.7 Å². The molecule has 2 aliphatic heterocycles. The minimum atomic E-state index is -4.75. The standard InChI is InChI=1S/C31H26F4N4O3/c1-2-16-38-25-18-39(24(17-19-10-4-3-5-11-19)28(40)36-23-15-9-8-14-22(23)32)29(41)26(25)27(37-30(38)42)20-12-6-7-13-21(20)31(33,34)35/h2-15,24,27H,1,16-18H2,(H,36,40)(H,37,42). The number of hydrogen-bond donors (Lipinski definition) is 2. The van der Waals surface area contributed by atoms with Gasteiger partial charge in [-0.05, 0) is 29.3 Å². The first-order valence-corrected chi connectivity index (χ1v) is 13.1. The molecular weight excluding hydrogens is 552 g/mol. The molecule has 0 aromatic heterocycles. The normalized spacial score (nSPS) is 17.6. The number of nitrogens with zero attached hydrogens (tertiary/aromatic N) is 2. The van der Waals surface area contributed by atoms with Crippen LogP contribution in [-0.2, 0) is 22.2 Å². The number of hydrogen-bond acceptors (Lipinski definition) is 3. The SMILES string of the molecule is C=CCN1C(=O)NC(c2ccccc2C(F)(F)F)C2=C1CN(C(Cc1ccccc1)C(=O)Nc1ccccc1F)C2=O. The maximum Gasteiger partial charge on any atom is 0.416 e. The molecule has 3 aromatic carbocycles. The molecule has 216 valence electrons.